The van der Waals surface area contributed by atoms with E-state index in [0.717, 1.165) is 28.3 Å². The monoisotopic (exact) mass is 1410 g/mol. The molecule has 8 rings (SSSR count). The van der Waals surface area contributed by atoms with Crippen LogP contribution in [-0.2, 0) is 42.8 Å². The number of rotatable bonds is 19. The molecule has 0 bridgehead atoms. The van der Waals surface area contributed by atoms with Crippen molar-refractivity contribution in [2.75, 3.05) is 26.4 Å². The number of carbonyl (C=O) groups is 4. The zero-order valence-electron chi connectivity index (χ0n) is 49.6. The lowest BCUT2D eigenvalue weighted by atomic mass is 9.35. The van der Waals surface area contributed by atoms with E-state index < -0.39 is 155 Å². The molecule has 3 saturated carbocycles. The summed E-state index contributed by atoms with van der Waals surface area (Å²) in [5.41, 5.74) is -2.70. The highest BCUT2D eigenvalue weighted by Gasteiger charge is 2.71. The number of fused-ring (bicyclic) bond motifs is 5. The first-order chi connectivity index (χ1) is 39.5. The lowest BCUT2D eigenvalue weighted by Gasteiger charge is -2.70. The second-order valence-electron chi connectivity index (χ2n) is 27.3. The molecule has 84 heavy (non-hydrogen) atoms. The fraction of sp³-hybridized carbons (Fsp3) is 0.803. The minimum atomic E-state index is -1.86. The van der Waals surface area contributed by atoms with Gasteiger partial charge in [0.2, 0.25) is 12.2 Å². The molecule has 0 aromatic heterocycles. The second kappa shape index (κ2) is 26.8. The summed E-state index contributed by atoms with van der Waals surface area (Å²) in [4.78, 5) is 55.1. The van der Waals surface area contributed by atoms with E-state index in [4.69, 9.17) is 28.4 Å². The van der Waals surface area contributed by atoms with Gasteiger partial charge in [-0.05, 0) is 151 Å². The van der Waals surface area contributed by atoms with Gasteiger partial charge in [0.25, 0.3) is 5.91 Å². The van der Waals surface area contributed by atoms with E-state index in [1.165, 1.54) is 6.92 Å². The average molecular weight is 1410 g/mol. The maximum Gasteiger partial charge on any atom is 0.318 e. The molecule has 15 unspecified atom stereocenters. The summed E-state index contributed by atoms with van der Waals surface area (Å²) in [6.07, 6.45) is -12.1. The van der Waals surface area contributed by atoms with E-state index in [9.17, 15) is 60.3 Å². The van der Waals surface area contributed by atoms with Crippen LogP contribution < -0.4 is 10.6 Å². The Morgan fingerprint density at radius 2 is 1.50 bits per heavy atom. The Morgan fingerprint density at radius 1 is 0.810 bits per heavy atom. The number of aliphatic hydroxyl groups is 9. The van der Waals surface area contributed by atoms with Crippen LogP contribution in [0.1, 0.15) is 143 Å². The van der Waals surface area contributed by atoms with Crippen molar-refractivity contribution in [1.82, 2.24) is 10.6 Å². The summed E-state index contributed by atoms with van der Waals surface area (Å²) in [5, 5.41) is 107. The van der Waals surface area contributed by atoms with Crippen LogP contribution in [0.2, 0.25) is 0 Å². The Morgan fingerprint density at radius 3 is 2.15 bits per heavy atom. The molecule has 4 aliphatic carbocycles. The predicted octanol–water partition coefficient (Wildman–Crippen LogP) is 3.73. The van der Waals surface area contributed by atoms with Gasteiger partial charge in [0.05, 0.1) is 65.5 Å². The number of benzene rings is 1. The summed E-state index contributed by atoms with van der Waals surface area (Å²) in [5.74, 6) is -2.94. The number of allylic oxidation sites excluding steroid dienone is 2. The molecule has 3 heterocycles. The zero-order valence-corrected chi connectivity index (χ0v) is 53.9. The Bertz CT molecular complexity index is 2510. The summed E-state index contributed by atoms with van der Waals surface area (Å²) < 4.78 is 37.5. The lowest BCUT2D eigenvalue weighted by molar-refractivity contribution is -0.365. The lowest BCUT2D eigenvalue weighted by Crippen LogP contribution is -2.69. The summed E-state index contributed by atoms with van der Waals surface area (Å²) in [6, 6.07) is 5.77. The van der Waals surface area contributed by atoms with Crippen molar-refractivity contribution >= 4 is 69.3 Å². The van der Waals surface area contributed by atoms with Crippen molar-refractivity contribution in [3.05, 3.63) is 45.0 Å². The van der Waals surface area contributed by atoms with Gasteiger partial charge in [-0.2, -0.15) is 0 Å². The van der Waals surface area contributed by atoms with Crippen molar-refractivity contribution in [3.63, 3.8) is 0 Å². The standard InChI is InChI=1S/C61H92I2N2O19/c1-31-48(82-53-47(76)45(74)36(69)29-79-53)44(73)34(27-66)52(80-31)83-49-46(75)43(65-42(72)12-10-9-11-25-64-51(77)32-13-15-33(62)16-14-32)37(28-67)81-54(49)84-55(78)61(24-23-56(2,3)4)41(71)26-60(8)35(50(61)63)17-18-39-57(5)21-20-40(70)58(6,30-68)38(57)19-22-59(39,60)7/h13-17,30-31,34,36-41,43-50,52-54,66-67,69-71,73-76H,9-12,18-29H2,1-8H3,(H,64,77)(H,65,72)/t31?,34?,36-,37?,38?,39?,40+,41?,43+,44?,45-,46?,47?,48+,49?,50?,52+,53+,54+,57?,58?,59?,60?,61+/m1/s1. The molecule has 1 aromatic rings. The van der Waals surface area contributed by atoms with Crippen LogP contribution in [0.15, 0.2) is 35.9 Å². The second-order valence-corrected chi connectivity index (χ2v) is 29.8. The fourth-order valence-corrected chi connectivity index (χ4v) is 17.9. The molecule has 11 N–H and O–H groups in total. The highest BCUT2D eigenvalue weighted by atomic mass is 127. The number of esters is 1. The number of hydrogen-bond donors (Lipinski definition) is 11. The van der Waals surface area contributed by atoms with Crippen molar-refractivity contribution < 1.29 is 93.6 Å². The molecule has 21 nitrogen and oxygen atoms in total. The van der Waals surface area contributed by atoms with Gasteiger partial charge in [-0.25, -0.2) is 0 Å². The molecule has 23 heteroatoms. The number of nitrogens with one attached hydrogen (secondary N) is 2. The largest absolute Gasteiger partial charge is 0.432 e. The van der Waals surface area contributed by atoms with Crippen LogP contribution in [0.3, 0.4) is 0 Å². The van der Waals surface area contributed by atoms with Crippen LogP contribution in [-0.4, -0.2) is 192 Å². The van der Waals surface area contributed by atoms with Crippen molar-refractivity contribution in [2.24, 2.45) is 50.2 Å². The maximum atomic E-state index is 15.8. The average Bonchev–Trinajstić information content (AvgIpc) is 0.695. The number of ether oxygens (including phenoxy) is 6. The number of halogens is 2. The molecule has 0 radical (unpaired) electrons. The quantitative estimate of drug-likeness (QED) is 0.0235. The number of hydrogen-bond acceptors (Lipinski definition) is 19. The smallest absolute Gasteiger partial charge is 0.318 e. The molecular weight excluding hydrogens is 1320 g/mol. The SMILES string of the molecule is CC1O[C@@H](OC2C(O)[C@@H](NC(=O)CCCCCNC(=O)c3ccc(I)cc3)C(CO)O[C@H]2OC(=O)[C@@]2(CCC(C)(C)C)C(O)CC3(C)C(=CCC4C5(C)CC[C@H](O)C(C)(C=O)C5CCC43C)C2I)C(CO)C(O)[C@H]1O[C@@H]1OC[C@@H](O)[C@@H](O)C1O. The molecule has 6 fully saturated rings. The van der Waals surface area contributed by atoms with E-state index >= 15 is 4.79 Å². The number of aldehydes is 1. The maximum absolute atomic E-state index is 15.8. The van der Waals surface area contributed by atoms with Crippen molar-refractivity contribution in [3.8, 4) is 0 Å². The molecule has 3 aliphatic heterocycles. The minimum Gasteiger partial charge on any atom is -0.432 e. The molecular formula is C61H92I2N2O19. The third-order valence-corrected chi connectivity index (χ3v) is 23.6. The molecule has 474 valence electrons. The van der Waals surface area contributed by atoms with E-state index in [2.05, 4.69) is 82.7 Å². The summed E-state index contributed by atoms with van der Waals surface area (Å²) in [7, 11) is 0. The van der Waals surface area contributed by atoms with Crippen LogP contribution >= 0.6 is 45.2 Å². The van der Waals surface area contributed by atoms with Gasteiger partial charge in [0.15, 0.2) is 18.7 Å². The fourth-order valence-electron chi connectivity index (χ4n) is 15.7. The van der Waals surface area contributed by atoms with Crippen LogP contribution in [0.25, 0.3) is 0 Å². The van der Waals surface area contributed by atoms with Crippen LogP contribution in [0.4, 0.5) is 0 Å². The Kier molecular flexibility index (Phi) is 21.6. The summed E-state index contributed by atoms with van der Waals surface area (Å²) in [6.45, 7) is 14.6. The normalized spacial score (nSPS) is 44.1. The van der Waals surface area contributed by atoms with Gasteiger partial charge in [-0.3, -0.25) is 14.4 Å². The van der Waals surface area contributed by atoms with Crippen molar-refractivity contribution in [2.45, 2.75) is 228 Å². The minimum absolute atomic E-state index is 0.0178. The van der Waals surface area contributed by atoms with E-state index in [0.29, 0.717) is 57.1 Å². The van der Waals surface area contributed by atoms with Crippen LogP contribution in [0, 0.1) is 53.8 Å². The van der Waals surface area contributed by atoms with Gasteiger partial charge < -0.3 is 89.8 Å². The first-order valence-corrected chi connectivity index (χ1v) is 32.4. The highest BCUT2D eigenvalue weighted by Crippen LogP contribution is 2.74. The number of alkyl halides is 1. The Labute approximate surface area is 520 Å². The number of unbranched alkanes of at least 4 members (excludes halogenated alkanes) is 2. The molecule has 3 saturated heterocycles. The molecule has 7 aliphatic rings. The zero-order chi connectivity index (χ0) is 61.6. The molecule has 2 amide bonds. The number of amides is 2. The first kappa shape index (κ1) is 67.9. The molecule has 1 aromatic carbocycles. The van der Waals surface area contributed by atoms with Crippen molar-refractivity contribution in [1.29, 1.82) is 0 Å². The summed E-state index contributed by atoms with van der Waals surface area (Å²) >= 11 is 4.45. The predicted molar refractivity (Wildman–Crippen MR) is 320 cm³/mol. The van der Waals surface area contributed by atoms with Gasteiger partial charge in [-0.1, -0.05) is 89.1 Å². The third-order valence-electron chi connectivity index (χ3n) is 21.1. The number of aliphatic hydroxyl groups excluding tert-OH is 9. The van der Waals surface area contributed by atoms with E-state index in [-0.39, 0.29) is 47.8 Å². The van der Waals surface area contributed by atoms with Gasteiger partial charge in [0.1, 0.15) is 48.3 Å². The topological polar surface area (TPSA) is 330 Å². The molecule has 0 spiro atoms. The van der Waals surface area contributed by atoms with Gasteiger partial charge in [-0.15, -0.1) is 0 Å². The molecule has 24 atom stereocenters. The van der Waals surface area contributed by atoms with Crippen LogP contribution in [0.5, 0.6) is 0 Å². The van der Waals surface area contributed by atoms with E-state index in [1.54, 1.807) is 12.1 Å². The van der Waals surface area contributed by atoms with Gasteiger partial charge in [0, 0.05) is 22.1 Å². The number of carbonyl (C=O) groups excluding carboxylic acids is 4. The highest BCUT2D eigenvalue weighted by molar-refractivity contribution is 14.1. The Hall–Kier alpha value is -2.06. The van der Waals surface area contributed by atoms with Gasteiger partial charge >= 0.3 is 5.97 Å². The third kappa shape index (κ3) is 12.8. The Balaban J connectivity index is 1.06. The van der Waals surface area contributed by atoms with E-state index in [1.807, 2.05) is 39.8 Å². The first-order valence-electron chi connectivity index (χ1n) is 30.0.